The molecule has 6 nitrogen and oxygen atoms in total. The molecule has 0 aromatic rings. The highest BCUT2D eigenvalue weighted by molar-refractivity contribution is 5.71. The average molecular weight is 1150 g/mol. The van der Waals surface area contributed by atoms with Gasteiger partial charge in [-0.2, -0.15) is 0 Å². The quantitative estimate of drug-likeness (QED) is 0.0261. The smallest absolute Gasteiger partial charge is 0.306 e. The molecule has 0 bridgehead atoms. The maximum atomic E-state index is 13.0. The minimum Gasteiger partial charge on any atom is -0.462 e. The summed E-state index contributed by atoms with van der Waals surface area (Å²) in [5.41, 5.74) is 0. The molecule has 6 heteroatoms. The molecule has 0 saturated heterocycles. The zero-order valence-corrected chi connectivity index (χ0v) is 55.3. The SMILES string of the molecule is CCCCC/C=C\C/C=C\CCCCCCCCCC(=O)OCC(COC(=O)CCCCCCCCCCCCCCCCCCCCCCCCCCCC)OC(=O)CCCCCCCCCCC/C=C\C/C=C\CCCCCCC. The van der Waals surface area contributed by atoms with E-state index in [1.165, 1.54) is 283 Å². The van der Waals surface area contributed by atoms with Crippen LogP contribution in [-0.4, -0.2) is 37.2 Å². The summed E-state index contributed by atoms with van der Waals surface area (Å²) in [7, 11) is 0. The first-order valence-electron chi connectivity index (χ1n) is 36.6. The molecule has 0 aliphatic carbocycles. The van der Waals surface area contributed by atoms with E-state index >= 15 is 0 Å². The van der Waals surface area contributed by atoms with E-state index in [-0.39, 0.29) is 31.1 Å². The summed E-state index contributed by atoms with van der Waals surface area (Å²) in [6.07, 6.45) is 90.0. The van der Waals surface area contributed by atoms with Crippen molar-refractivity contribution in [1.29, 1.82) is 0 Å². The monoisotopic (exact) mass is 1150 g/mol. The number of hydrogen-bond acceptors (Lipinski definition) is 6. The molecule has 0 fully saturated rings. The normalized spacial score (nSPS) is 12.3. The molecular weight excluding hydrogens is 1010 g/mol. The van der Waals surface area contributed by atoms with Crippen LogP contribution in [0.3, 0.4) is 0 Å². The lowest BCUT2D eigenvalue weighted by Gasteiger charge is -2.18. The van der Waals surface area contributed by atoms with Gasteiger partial charge >= 0.3 is 17.9 Å². The van der Waals surface area contributed by atoms with Crippen molar-refractivity contribution in [2.75, 3.05) is 13.2 Å². The van der Waals surface area contributed by atoms with Gasteiger partial charge in [0, 0.05) is 19.3 Å². The number of carbonyl (C=O) groups is 3. The molecule has 0 radical (unpaired) electrons. The minimum absolute atomic E-state index is 0.0732. The molecule has 1 unspecified atom stereocenters. The van der Waals surface area contributed by atoms with E-state index in [0.29, 0.717) is 19.3 Å². The van der Waals surface area contributed by atoms with Crippen LogP contribution in [0.4, 0.5) is 0 Å². The molecule has 0 amide bonds. The second-order valence-corrected chi connectivity index (χ2v) is 24.9. The minimum atomic E-state index is -0.779. The Balaban J connectivity index is 4.29. The summed E-state index contributed by atoms with van der Waals surface area (Å²) in [4.78, 5) is 38.5. The lowest BCUT2D eigenvalue weighted by molar-refractivity contribution is -0.167. The molecule has 0 rings (SSSR count). The van der Waals surface area contributed by atoms with Crippen molar-refractivity contribution < 1.29 is 28.6 Å². The molecule has 82 heavy (non-hydrogen) atoms. The fraction of sp³-hybridized carbons (Fsp3) is 0.855. The summed E-state index contributed by atoms with van der Waals surface area (Å²) >= 11 is 0. The predicted octanol–water partition coefficient (Wildman–Crippen LogP) is 25.3. The number of esters is 3. The first kappa shape index (κ1) is 79.4. The van der Waals surface area contributed by atoms with Crippen LogP contribution in [-0.2, 0) is 28.6 Å². The maximum Gasteiger partial charge on any atom is 0.306 e. The van der Waals surface area contributed by atoms with Gasteiger partial charge in [0.1, 0.15) is 13.2 Å². The Labute approximate surface area is 511 Å². The highest BCUT2D eigenvalue weighted by Crippen LogP contribution is 2.19. The third kappa shape index (κ3) is 68.2. The van der Waals surface area contributed by atoms with Gasteiger partial charge in [-0.05, 0) is 83.5 Å². The van der Waals surface area contributed by atoms with Gasteiger partial charge in [-0.25, -0.2) is 0 Å². The van der Waals surface area contributed by atoms with Crippen LogP contribution in [0.25, 0.3) is 0 Å². The number of hydrogen-bond donors (Lipinski definition) is 0. The van der Waals surface area contributed by atoms with Gasteiger partial charge in [-0.1, -0.05) is 345 Å². The largest absolute Gasteiger partial charge is 0.462 e. The molecule has 480 valence electrons. The Morgan fingerprint density at radius 2 is 0.439 bits per heavy atom. The van der Waals surface area contributed by atoms with Crippen LogP contribution in [0.15, 0.2) is 48.6 Å². The summed E-state index contributed by atoms with van der Waals surface area (Å²) in [6.45, 7) is 6.67. The molecule has 0 saturated carbocycles. The first-order chi connectivity index (χ1) is 40.5. The van der Waals surface area contributed by atoms with Gasteiger partial charge in [-0.15, -0.1) is 0 Å². The van der Waals surface area contributed by atoms with Gasteiger partial charge < -0.3 is 14.2 Å². The van der Waals surface area contributed by atoms with Crippen LogP contribution in [0.5, 0.6) is 0 Å². The fourth-order valence-electron chi connectivity index (χ4n) is 11.0. The zero-order valence-electron chi connectivity index (χ0n) is 55.3. The van der Waals surface area contributed by atoms with Crippen LogP contribution in [0.2, 0.25) is 0 Å². The van der Waals surface area contributed by atoms with E-state index < -0.39 is 6.10 Å². The van der Waals surface area contributed by atoms with Gasteiger partial charge in [0.2, 0.25) is 0 Å². The Morgan fingerprint density at radius 1 is 0.244 bits per heavy atom. The van der Waals surface area contributed by atoms with E-state index in [1.807, 2.05) is 0 Å². The van der Waals surface area contributed by atoms with Gasteiger partial charge in [0.25, 0.3) is 0 Å². The lowest BCUT2D eigenvalue weighted by atomic mass is 10.0. The molecule has 0 spiro atoms. The van der Waals surface area contributed by atoms with Crippen LogP contribution in [0.1, 0.15) is 400 Å². The Hall–Kier alpha value is -2.63. The standard InChI is InChI=1S/C76H140O6/c1-4-7-10-13-16-19-22-25-28-31-33-35-36-37-38-39-41-42-45-48-51-54-57-60-63-66-69-75(78)81-72-73(71-80-74(77)68-65-62-59-56-53-50-47-44-30-27-24-21-18-15-12-9-6-3)82-76(79)70-67-64-61-58-55-52-49-46-43-40-34-32-29-26-23-20-17-14-11-8-5-2/h18,21,23,26-27,30,32,34,73H,4-17,19-20,22,24-25,28-29,31,33,35-72H2,1-3H3/b21-18-,26-23-,30-27-,34-32-. The van der Waals surface area contributed by atoms with Crippen LogP contribution >= 0.6 is 0 Å². The number of rotatable bonds is 68. The molecule has 0 heterocycles. The summed E-state index contributed by atoms with van der Waals surface area (Å²) < 4.78 is 17.0. The van der Waals surface area contributed by atoms with E-state index in [9.17, 15) is 14.4 Å². The zero-order chi connectivity index (χ0) is 59.2. The van der Waals surface area contributed by atoms with Crippen LogP contribution < -0.4 is 0 Å². The Bertz CT molecular complexity index is 1410. The highest BCUT2D eigenvalue weighted by Gasteiger charge is 2.19. The maximum absolute atomic E-state index is 13.0. The highest BCUT2D eigenvalue weighted by atomic mass is 16.6. The van der Waals surface area contributed by atoms with Crippen molar-refractivity contribution in [2.24, 2.45) is 0 Å². The number of carbonyl (C=O) groups excluding carboxylic acids is 3. The van der Waals surface area contributed by atoms with Crippen molar-refractivity contribution in [1.82, 2.24) is 0 Å². The van der Waals surface area contributed by atoms with Gasteiger partial charge in [0.15, 0.2) is 6.10 Å². The third-order valence-electron chi connectivity index (χ3n) is 16.6. The van der Waals surface area contributed by atoms with Crippen molar-refractivity contribution in [2.45, 2.75) is 406 Å². The number of unbranched alkanes of at least 4 members (excludes halogenated alkanes) is 49. The number of allylic oxidation sites excluding steroid dienone is 8. The molecule has 0 N–H and O–H groups in total. The first-order valence-corrected chi connectivity index (χ1v) is 36.6. The molecule has 1 atom stereocenters. The second kappa shape index (κ2) is 70.9. The topological polar surface area (TPSA) is 78.9 Å². The Morgan fingerprint density at radius 3 is 0.695 bits per heavy atom. The summed E-state index contributed by atoms with van der Waals surface area (Å²) in [5, 5.41) is 0. The van der Waals surface area contributed by atoms with E-state index in [1.54, 1.807) is 0 Å². The van der Waals surface area contributed by atoms with Crippen LogP contribution in [0, 0.1) is 0 Å². The van der Waals surface area contributed by atoms with E-state index in [2.05, 4.69) is 69.4 Å². The van der Waals surface area contributed by atoms with Gasteiger partial charge in [-0.3, -0.25) is 14.4 Å². The Kier molecular flexibility index (Phi) is 68.6. The second-order valence-electron chi connectivity index (χ2n) is 24.9. The molecular formula is C76H140O6. The molecule has 0 aromatic heterocycles. The lowest BCUT2D eigenvalue weighted by Crippen LogP contribution is -2.30. The third-order valence-corrected chi connectivity index (χ3v) is 16.6. The van der Waals surface area contributed by atoms with E-state index in [4.69, 9.17) is 14.2 Å². The summed E-state index contributed by atoms with van der Waals surface area (Å²) in [6, 6.07) is 0. The van der Waals surface area contributed by atoms with E-state index in [0.717, 1.165) is 77.0 Å². The average Bonchev–Trinajstić information content (AvgIpc) is 3.47. The van der Waals surface area contributed by atoms with Crippen molar-refractivity contribution >= 4 is 17.9 Å². The molecule has 0 aliphatic rings. The van der Waals surface area contributed by atoms with Crippen molar-refractivity contribution in [3.8, 4) is 0 Å². The fourth-order valence-corrected chi connectivity index (χ4v) is 11.0. The number of ether oxygens (including phenoxy) is 3. The van der Waals surface area contributed by atoms with Crippen molar-refractivity contribution in [3.63, 3.8) is 0 Å². The summed E-state index contributed by atoms with van der Waals surface area (Å²) in [5.74, 6) is -0.857. The van der Waals surface area contributed by atoms with Crippen molar-refractivity contribution in [3.05, 3.63) is 48.6 Å². The molecule has 0 aliphatic heterocycles. The molecule has 0 aromatic carbocycles. The predicted molar refractivity (Wildman–Crippen MR) is 358 cm³/mol. The van der Waals surface area contributed by atoms with Gasteiger partial charge in [0.05, 0.1) is 0 Å².